The number of phenolic OH excluding ortho intramolecular Hbond substituents is 2. The van der Waals surface area contributed by atoms with E-state index < -0.39 is 0 Å². The SMILES string of the molecule is COc1cc(C2CNCCN2C)cc(O)c1O. The van der Waals surface area contributed by atoms with Gasteiger partial charge in [-0.25, -0.2) is 0 Å². The molecule has 1 aromatic carbocycles. The standard InChI is InChI=1S/C12H18N2O3/c1-14-4-3-13-7-9(14)8-5-10(15)12(16)11(6-8)17-2/h5-6,9,13,15-16H,3-4,7H2,1-2H3. The number of benzene rings is 1. The molecule has 1 aliphatic heterocycles. The van der Waals surface area contributed by atoms with Crippen molar-refractivity contribution in [2.45, 2.75) is 6.04 Å². The largest absolute Gasteiger partial charge is 0.504 e. The first-order valence-corrected chi connectivity index (χ1v) is 5.64. The summed E-state index contributed by atoms with van der Waals surface area (Å²) in [5, 5.41) is 22.6. The number of rotatable bonds is 2. The van der Waals surface area contributed by atoms with Gasteiger partial charge in [0.2, 0.25) is 5.75 Å². The average molecular weight is 238 g/mol. The van der Waals surface area contributed by atoms with Gasteiger partial charge in [-0.2, -0.15) is 0 Å². The summed E-state index contributed by atoms with van der Waals surface area (Å²) in [4.78, 5) is 2.21. The van der Waals surface area contributed by atoms with Crippen LogP contribution in [0.4, 0.5) is 0 Å². The number of piperazine rings is 1. The van der Waals surface area contributed by atoms with Gasteiger partial charge < -0.3 is 20.3 Å². The molecule has 0 radical (unpaired) electrons. The zero-order chi connectivity index (χ0) is 12.4. The summed E-state index contributed by atoms with van der Waals surface area (Å²) in [5.41, 5.74) is 0.937. The van der Waals surface area contributed by atoms with Gasteiger partial charge in [0.15, 0.2) is 11.5 Å². The summed E-state index contributed by atoms with van der Waals surface area (Å²) in [7, 11) is 3.52. The van der Waals surface area contributed by atoms with Crippen molar-refractivity contribution < 1.29 is 14.9 Å². The van der Waals surface area contributed by atoms with Gasteiger partial charge in [0.1, 0.15) is 0 Å². The smallest absolute Gasteiger partial charge is 0.200 e. The Morgan fingerprint density at radius 3 is 2.82 bits per heavy atom. The van der Waals surface area contributed by atoms with Gasteiger partial charge in [0.05, 0.1) is 7.11 Å². The molecule has 1 saturated heterocycles. The Morgan fingerprint density at radius 2 is 2.18 bits per heavy atom. The van der Waals surface area contributed by atoms with E-state index in [9.17, 15) is 10.2 Å². The Kier molecular flexibility index (Phi) is 3.40. The molecule has 5 heteroatoms. The molecule has 2 rings (SSSR count). The third kappa shape index (κ3) is 2.30. The van der Waals surface area contributed by atoms with E-state index in [0.717, 1.165) is 25.2 Å². The highest BCUT2D eigenvalue weighted by Crippen LogP contribution is 2.38. The van der Waals surface area contributed by atoms with E-state index in [1.807, 2.05) is 7.05 Å². The second-order valence-corrected chi connectivity index (χ2v) is 4.29. The van der Waals surface area contributed by atoms with Crippen LogP contribution >= 0.6 is 0 Å². The van der Waals surface area contributed by atoms with Crippen molar-refractivity contribution in [3.63, 3.8) is 0 Å². The van der Waals surface area contributed by atoms with Gasteiger partial charge in [0, 0.05) is 25.7 Å². The van der Waals surface area contributed by atoms with Crippen LogP contribution in [-0.4, -0.2) is 48.9 Å². The zero-order valence-corrected chi connectivity index (χ0v) is 10.1. The van der Waals surface area contributed by atoms with Crippen LogP contribution in [0, 0.1) is 0 Å². The lowest BCUT2D eigenvalue weighted by molar-refractivity contribution is 0.201. The molecule has 94 valence electrons. The maximum Gasteiger partial charge on any atom is 0.200 e. The number of aromatic hydroxyl groups is 2. The van der Waals surface area contributed by atoms with Crippen LogP contribution in [-0.2, 0) is 0 Å². The highest BCUT2D eigenvalue weighted by Gasteiger charge is 2.22. The number of nitrogens with one attached hydrogen (secondary N) is 1. The molecule has 0 spiro atoms. The molecule has 1 fully saturated rings. The van der Waals surface area contributed by atoms with Crippen molar-refractivity contribution in [3.05, 3.63) is 17.7 Å². The molecule has 3 N–H and O–H groups in total. The Bertz CT molecular complexity index is 409. The molecule has 1 heterocycles. The van der Waals surface area contributed by atoms with E-state index in [1.54, 1.807) is 12.1 Å². The number of ether oxygens (including phenoxy) is 1. The number of hydrogen-bond donors (Lipinski definition) is 3. The molecule has 1 atom stereocenters. The topological polar surface area (TPSA) is 65.0 Å². The van der Waals surface area contributed by atoms with E-state index in [0.29, 0.717) is 5.75 Å². The molecule has 0 saturated carbocycles. The van der Waals surface area contributed by atoms with Gasteiger partial charge in [0.25, 0.3) is 0 Å². The number of likely N-dealkylation sites (N-methyl/N-ethyl adjacent to an activating group) is 1. The summed E-state index contributed by atoms with van der Waals surface area (Å²) < 4.78 is 5.04. The summed E-state index contributed by atoms with van der Waals surface area (Å²) >= 11 is 0. The normalized spacial score (nSPS) is 21.4. The second kappa shape index (κ2) is 4.81. The van der Waals surface area contributed by atoms with Crippen molar-refractivity contribution in [1.29, 1.82) is 0 Å². The fourth-order valence-corrected chi connectivity index (χ4v) is 2.14. The van der Waals surface area contributed by atoms with Gasteiger partial charge in [-0.3, -0.25) is 4.90 Å². The van der Waals surface area contributed by atoms with Crippen molar-refractivity contribution >= 4 is 0 Å². The molecule has 0 aliphatic carbocycles. The number of nitrogens with zero attached hydrogens (tertiary/aromatic N) is 1. The third-order valence-electron chi connectivity index (χ3n) is 3.19. The number of hydrogen-bond acceptors (Lipinski definition) is 5. The zero-order valence-electron chi connectivity index (χ0n) is 10.1. The predicted molar refractivity (Wildman–Crippen MR) is 64.6 cm³/mol. The van der Waals surface area contributed by atoms with E-state index in [4.69, 9.17) is 4.74 Å². The molecule has 17 heavy (non-hydrogen) atoms. The lowest BCUT2D eigenvalue weighted by Gasteiger charge is -2.33. The number of methoxy groups -OCH3 is 1. The lowest BCUT2D eigenvalue weighted by atomic mass is 10.0. The quantitative estimate of drug-likeness (QED) is 0.661. The minimum Gasteiger partial charge on any atom is -0.504 e. The van der Waals surface area contributed by atoms with Gasteiger partial charge in [-0.1, -0.05) is 0 Å². The maximum absolute atomic E-state index is 9.66. The lowest BCUT2D eigenvalue weighted by Crippen LogP contribution is -2.43. The fourth-order valence-electron chi connectivity index (χ4n) is 2.14. The highest BCUT2D eigenvalue weighted by molar-refractivity contribution is 5.52. The van der Waals surface area contributed by atoms with Gasteiger partial charge in [-0.15, -0.1) is 0 Å². The first kappa shape index (κ1) is 12.0. The summed E-state index contributed by atoms with van der Waals surface area (Å²) in [6.45, 7) is 2.74. The minimum absolute atomic E-state index is 0.140. The Morgan fingerprint density at radius 1 is 1.41 bits per heavy atom. The van der Waals surface area contributed by atoms with Gasteiger partial charge in [-0.05, 0) is 24.7 Å². The predicted octanol–water partition coefficient (Wildman–Crippen LogP) is 0.682. The van der Waals surface area contributed by atoms with Crippen LogP contribution in [0.3, 0.4) is 0 Å². The molecule has 0 aromatic heterocycles. The third-order valence-corrected chi connectivity index (χ3v) is 3.19. The Balaban J connectivity index is 2.34. The second-order valence-electron chi connectivity index (χ2n) is 4.29. The fraction of sp³-hybridized carbons (Fsp3) is 0.500. The highest BCUT2D eigenvalue weighted by atomic mass is 16.5. The molecule has 0 amide bonds. The molecule has 1 aromatic rings. The number of phenols is 2. The first-order chi connectivity index (χ1) is 8.13. The molecule has 0 bridgehead atoms. The molecular weight excluding hydrogens is 220 g/mol. The first-order valence-electron chi connectivity index (χ1n) is 5.64. The summed E-state index contributed by atoms with van der Waals surface area (Å²) in [6.07, 6.45) is 0. The van der Waals surface area contributed by atoms with E-state index in [2.05, 4.69) is 10.2 Å². The van der Waals surface area contributed by atoms with Crippen molar-refractivity contribution in [1.82, 2.24) is 10.2 Å². The summed E-state index contributed by atoms with van der Waals surface area (Å²) in [6, 6.07) is 3.54. The van der Waals surface area contributed by atoms with Crippen LogP contribution in [0.5, 0.6) is 17.2 Å². The van der Waals surface area contributed by atoms with Crippen LogP contribution in [0.1, 0.15) is 11.6 Å². The van der Waals surface area contributed by atoms with Crippen LogP contribution in [0.15, 0.2) is 12.1 Å². The van der Waals surface area contributed by atoms with Crippen molar-refractivity contribution in [2.75, 3.05) is 33.8 Å². The van der Waals surface area contributed by atoms with Crippen LogP contribution in [0.25, 0.3) is 0 Å². The minimum atomic E-state index is -0.206. The Labute approximate surface area is 101 Å². The molecule has 1 unspecified atom stereocenters. The van der Waals surface area contributed by atoms with E-state index in [1.165, 1.54) is 7.11 Å². The van der Waals surface area contributed by atoms with Crippen molar-refractivity contribution in [3.8, 4) is 17.2 Å². The average Bonchev–Trinajstić information content (AvgIpc) is 2.33. The Hall–Kier alpha value is -1.46. The maximum atomic E-state index is 9.66. The molecule has 5 nitrogen and oxygen atoms in total. The van der Waals surface area contributed by atoms with E-state index in [-0.39, 0.29) is 17.5 Å². The van der Waals surface area contributed by atoms with Crippen molar-refractivity contribution in [2.24, 2.45) is 0 Å². The molecular formula is C12H18N2O3. The molecule has 1 aliphatic rings. The van der Waals surface area contributed by atoms with E-state index >= 15 is 0 Å². The monoisotopic (exact) mass is 238 g/mol. The van der Waals surface area contributed by atoms with Gasteiger partial charge >= 0.3 is 0 Å². The van der Waals surface area contributed by atoms with Crippen LogP contribution in [0.2, 0.25) is 0 Å². The summed E-state index contributed by atoms with van der Waals surface area (Å²) in [5.74, 6) is -0.0417. The van der Waals surface area contributed by atoms with Crippen LogP contribution < -0.4 is 10.1 Å².